The van der Waals surface area contributed by atoms with Crippen LogP contribution in [-0.2, 0) is 14.2 Å². The summed E-state index contributed by atoms with van der Waals surface area (Å²) in [5, 5.41) is 79.1. The van der Waals surface area contributed by atoms with Gasteiger partial charge in [-0.15, -0.1) is 0 Å². The Bertz CT molecular complexity index is 447. The fourth-order valence-electron chi connectivity index (χ4n) is 3.27. The summed E-state index contributed by atoms with van der Waals surface area (Å²) in [5.74, 6) is -2.09. The highest BCUT2D eigenvalue weighted by Gasteiger charge is 2.55. The van der Waals surface area contributed by atoms with E-state index in [1.54, 1.807) is 6.92 Å². The molecule has 2 saturated heterocycles. The zero-order valence-corrected chi connectivity index (χ0v) is 14.3. The molecule has 154 valence electrons. The Morgan fingerprint density at radius 1 is 0.885 bits per heavy atom. The number of hydrogen-bond donors (Lipinski definition) is 8. The summed E-state index contributed by atoms with van der Waals surface area (Å²) in [7, 11) is 0. The lowest BCUT2D eigenvalue weighted by Crippen LogP contribution is -2.68. The van der Waals surface area contributed by atoms with Gasteiger partial charge in [0.25, 0.3) is 0 Å². The molecule has 2 aliphatic heterocycles. The molecule has 26 heavy (non-hydrogen) atoms. The first-order chi connectivity index (χ1) is 12.2. The van der Waals surface area contributed by atoms with E-state index in [0.29, 0.717) is 6.42 Å². The molecule has 8 N–H and O–H groups in total. The third kappa shape index (κ3) is 4.03. The van der Waals surface area contributed by atoms with E-state index in [0.717, 1.165) is 0 Å². The fourth-order valence-corrected chi connectivity index (χ4v) is 3.27. The lowest BCUT2D eigenvalue weighted by Gasteiger charge is -2.49. The van der Waals surface area contributed by atoms with Gasteiger partial charge in [0.1, 0.15) is 48.8 Å². The van der Waals surface area contributed by atoms with Crippen molar-refractivity contribution in [3.05, 3.63) is 0 Å². The Labute approximate surface area is 150 Å². The Balaban J connectivity index is 2.16. The molecule has 0 spiro atoms. The van der Waals surface area contributed by atoms with Gasteiger partial charge < -0.3 is 55.1 Å². The van der Waals surface area contributed by atoms with Crippen LogP contribution in [0.2, 0.25) is 0 Å². The average Bonchev–Trinajstić information content (AvgIpc) is 2.62. The minimum absolute atomic E-state index is 0.00546. The number of ether oxygens (including phenoxy) is 3. The van der Waals surface area contributed by atoms with Crippen molar-refractivity contribution in [2.75, 3.05) is 13.2 Å². The molecule has 2 fully saturated rings. The predicted octanol–water partition coefficient (Wildman–Crippen LogP) is -4.23. The summed E-state index contributed by atoms with van der Waals surface area (Å²) in [6.07, 6.45) is -13.6. The minimum atomic E-state index is -2.09. The molecule has 11 heteroatoms. The number of hydrogen-bond acceptors (Lipinski definition) is 11. The van der Waals surface area contributed by atoms with Crippen LogP contribution in [0.5, 0.6) is 0 Å². The Hall–Kier alpha value is -0.440. The molecule has 0 aromatic heterocycles. The third-order valence-electron chi connectivity index (χ3n) is 4.77. The standard InChI is InChI=1S/C15H28O11/c1-2-3-15(23)13(22)11(21)12(7(5-17)26-15)25-14-10(20)9(19)8(18)6(4-16)24-14/h6-14,16-23H,2-5H2,1H3/t6-,7-,8+,9+,10-,11+,12+,13-,14+,15+/m1/s1. The molecule has 2 rings (SSSR count). The van der Waals surface area contributed by atoms with Crippen molar-refractivity contribution < 1.29 is 55.1 Å². The Morgan fingerprint density at radius 3 is 2.04 bits per heavy atom. The van der Waals surface area contributed by atoms with E-state index in [1.807, 2.05) is 0 Å². The number of rotatable bonds is 6. The molecular weight excluding hydrogens is 356 g/mol. The molecule has 2 aliphatic rings. The SMILES string of the molecule is CCC[C@]1(O)O[C@H](CO)[C@H](O[C@@H]2O[C@H](CO)[C@H](O)[C@H](O)[C@H]2O)[C@H](O)[C@H]1O. The zero-order valence-electron chi connectivity index (χ0n) is 14.3. The van der Waals surface area contributed by atoms with E-state index in [2.05, 4.69) is 0 Å². The summed E-state index contributed by atoms with van der Waals surface area (Å²) in [5.41, 5.74) is 0. The maximum absolute atomic E-state index is 10.4. The molecule has 11 nitrogen and oxygen atoms in total. The third-order valence-corrected chi connectivity index (χ3v) is 4.77. The van der Waals surface area contributed by atoms with Gasteiger partial charge in [0.05, 0.1) is 13.2 Å². The Kier molecular flexibility index (Phi) is 7.32. The Morgan fingerprint density at radius 2 is 1.50 bits per heavy atom. The molecule has 0 saturated carbocycles. The second-order valence-corrected chi connectivity index (χ2v) is 6.67. The van der Waals surface area contributed by atoms with E-state index >= 15 is 0 Å². The highest BCUT2D eigenvalue weighted by Crippen LogP contribution is 2.34. The first-order valence-electron chi connectivity index (χ1n) is 8.53. The zero-order chi connectivity index (χ0) is 19.6. The van der Waals surface area contributed by atoms with Gasteiger partial charge in [-0.3, -0.25) is 0 Å². The van der Waals surface area contributed by atoms with Crippen LogP contribution in [0.1, 0.15) is 19.8 Å². The van der Waals surface area contributed by atoms with Gasteiger partial charge in [-0.2, -0.15) is 0 Å². The summed E-state index contributed by atoms with van der Waals surface area (Å²) >= 11 is 0. The predicted molar refractivity (Wildman–Crippen MR) is 82.5 cm³/mol. The van der Waals surface area contributed by atoms with Crippen molar-refractivity contribution in [1.29, 1.82) is 0 Å². The molecule has 0 aliphatic carbocycles. The van der Waals surface area contributed by atoms with Crippen molar-refractivity contribution in [2.45, 2.75) is 80.7 Å². The lowest BCUT2D eigenvalue weighted by molar-refractivity contribution is -0.384. The van der Waals surface area contributed by atoms with E-state index < -0.39 is 74.1 Å². The maximum atomic E-state index is 10.4. The van der Waals surface area contributed by atoms with Crippen molar-refractivity contribution >= 4 is 0 Å². The molecule has 0 radical (unpaired) electrons. The van der Waals surface area contributed by atoms with Crippen LogP contribution in [-0.4, -0.2) is 115 Å². The van der Waals surface area contributed by atoms with Gasteiger partial charge in [0.15, 0.2) is 12.1 Å². The number of aliphatic hydroxyl groups is 8. The normalized spacial score (nSPS) is 50.0. The highest BCUT2D eigenvalue weighted by molar-refractivity contribution is 4.98. The lowest BCUT2D eigenvalue weighted by atomic mass is 9.89. The van der Waals surface area contributed by atoms with Gasteiger partial charge in [-0.1, -0.05) is 13.3 Å². The summed E-state index contributed by atoms with van der Waals surface area (Å²) < 4.78 is 15.9. The first-order valence-corrected chi connectivity index (χ1v) is 8.53. The van der Waals surface area contributed by atoms with Crippen LogP contribution in [0.25, 0.3) is 0 Å². The van der Waals surface area contributed by atoms with Gasteiger partial charge in [-0.25, -0.2) is 0 Å². The molecule has 0 bridgehead atoms. The van der Waals surface area contributed by atoms with E-state index in [9.17, 15) is 40.9 Å². The summed E-state index contributed by atoms with van der Waals surface area (Å²) in [4.78, 5) is 0. The molecule has 0 unspecified atom stereocenters. The first kappa shape index (κ1) is 21.9. The maximum Gasteiger partial charge on any atom is 0.195 e. The quantitative estimate of drug-likeness (QED) is 0.221. The van der Waals surface area contributed by atoms with Crippen LogP contribution >= 0.6 is 0 Å². The molecule has 10 atom stereocenters. The monoisotopic (exact) mass is 384 g/mol. The van der Waals surface area contributed by atoms with Crippen LogP contribution in [0.3, 0.4) is 0 Å². The molecule has 0 aromatic carbocycles. The second kappa shape index (κ2) is 8.71. The van der Waals surface area contributed by atoms with Crippen molar-refractivity contribution in [2.24, 2.45) is 0 Å². The van der Waals surface area contributed by atoms with E-state index in [4.69, 9.17) is 14.2 Å². The van der Waals surface area contributed by atoms with E-state index in [-0.39, 0.29) is 6.42 Å². The highest BCUT2D eigenvalue weighted by atomic mass is 16.7. The van der Waals surface area contributed by atoms with Crippen molar-refractivity contribution in [3.63, 3.8) is 0 Å². The van der Waals surface area contributed by atoms with Gasteiger partial charge in [0, 0.05) is 6.42 Å². The molecule has 2 heterocycles. The van der Waals surface area contributed by atoms with Crippen LogP contribution < -0.4 is 0 Å². The minimum Gasteiger partial charge on any atom is -0.394 e. The van der Waals surface area contributed by atoms with E-state index in [1.165, 1.54) is 0 Å². The summed E-state index contributed by atoms with van der Waals surface area (Å²) in [6.45, 7) is 0.375. The average molecular weight is 384 g/mol. The van der Waals surface area contributed by atoms with Gasteiger partial charge >= 0.3 is 0 Å². The topological polar surface area (TPSA) is 190 Å². The van der Waals surface area contributed by atoms with Crippen LogP contribution in [0.15, 0.2) is 0 Å². The number of aliphatic hydroxyl groups excluding tert-OH is 7. The smallest absolute Gasteiger partial charge is 0.195 e. The van der Waals surface area contributed by atoms with Gasteiger partial charge in [-0.05, 0) is 0 Å². The second-order valence-electron chi connectivity index (χ2n) is 6.67. The fraction of sp³-hybridized carbons (Fsp3) is 1.00. The van der Waals surface area contributed by atoms with Crippen molar-refractivity contribution in [3.8, 4) is 0 Å². The van der Waals surface area contributed by atoms with Crippen LogP contribution in [0, 0.1) is 0 Å². The molecule has 0 aromatic rings. The summed E-state index contributed by atoms with van der Waals surface area (Å²) in [6, 6.07) is 0. The molecular formula is C15H28O11. The van der Waals surface area contributed by atoms with Crippen LogP contribution in [0.4, 0.5) is 0 Å². The molecule has 0 amide bonds. The van der Waals surface area contributed by atoms with Gasteiger partial charge in [0.2, 0.25) is 0 Å². The van der Waals surface area contributed by atoms with Crippen molar-refractivity contribution in [1.82, 2.24) is 0 Å². The largest absolute Gasteiger partial charge is 0.394 e.